The van der Waals surface area contributed by atoms with Crippen LogP contribution in [0.3, 0.4) is 0 Å². The lowest BCUT2D eigenvalue weighted by atomic mass is 9.80. The van der Waals surface area contributed by atoms with Crippen LogP contribution in [0.15, 0.2) is 38.6 Å². The molecule has 1 N–H and O–H groups in total. The molecule has 2 atom stereocenters. The molecule has 0 aliphatic carbocycles. The zero-order valence-electron chi connectivity index (χ0n) is 10.7. The Morgan fingerprint density at radius 1 is 1.20 bits per heavy atom. The maximum Gasteiger partial charge on any atom is 0.0843 e. The van der Waals surface area contributed by atoms with Gasteiger partial charge in [0.2, 0.25) is 0 Å². The van der Waals surface area contributed by atoms with Crippen LogP contribution < -0.4 is 5.32 Å². The van der Waals surface area contributed by atoms with Gasteiger partial charge in [-0.1, -0.05) is 23.7 Å². The first-order valence-electron chi connectivity index (χ1n) is 6.56. The summed E-state index contributed by atoms with van der Waals surface area (Å²) in [5, 5.41) is 4.33. The molecule has 0 amide bonds. The van der Waals surface area contributed by atoms with Crippen LogP contribution in [0, 0.1) is 0 Å². The van der Waals surface area contributed by atoms with Gasteiger partial charge < -0.3 is 5.32 Å². The second-order valence-electron chi connectivity index (χ2n) is 5.03. The van der Waals surface area contributed by atoms with E-state index >= 15 is 0 Å². The molecule has 2 aromatic rings. The number of nitrogens with one attached hydrogen (secondary N) is 1. The lowest BCUT2D eigenvalue weighted by Crippen LogP contribution is -2.33. The van der Waals surface area contributed by atoms with Gasteiger partial charge >= 0.3 is 0 Å². The maximum atomic E-state index is 6.15. The van der Waals surface area contributed by atoms with Crippen molar-refractivity contribution in [2.45, 2.75) is 18.3 Å². The monoisotopic (exact) mass is 433 g/mol. The average Bonchev–Trinajstić information content (AvgIpc) is 2.79. The van der Waals surface area contributed by atoms with Crippen LogP contribution in [-0.2, 0) is 0 Å². The van der Waals surface area contributed by atoms with E-state index in [2.05, 4.69) is 55.4 Å². The number of hydrogen-bond acceptors (Lipinski definition) is 2. The summed E-state index contributed by atoms with van der Waals surface area (Å²) in [6.45, 7) is 2.09. The Labute approximate surface area is 145 Å². The van der Waals surface area contributed by atoms with Gasteiger partial charge in [-0.25, -0.2) is 0 Å². The zero-order valence-corrected chi connectivity index (χ0v) is 15.4. The summed E-state index contributed by atoms with van der Waals surface area (Å²) in [6.07, 6.45) is 1.16. The first-order valence-corrected chi connectivity index (χ1v) is 9.34. The highest BCUT2D eigenvalue weighted by molar-refractivity contribution is 9.13. The first-order chi connectivity index (χ1) is 9.65. The number of benzene rings is 1. The first kappa shape index (κ1) is 15.0. The van der Waals surface area contributed by atoms with Gasteiger partial charge in [-0.2, -0.15) is 0 Å². The van der Waals surface area contributed by atoms with Gasteiger partial charge in [0.05, 0.1) is 3.79 Å². The third-order valence-electron chi connectivity index (χ3n) is 3.79. The van der Waals surface area contributed by atoms with E-state index in [1.807, 2.05) is 23.5 Å². The molecule has 2 heterocycles. The van der Waals surface area contributed by atoms with Crippen molar-refractivity contribution < 1.29 is 0 Å². The molecule has 0 saturated carbocycles. The summed E-state index contributed by atoms with van der Waals surface area (Å²) in [6, 6.07) is 10.5. The van der Waals surface area contributed by atoms with Crippen molar-refractivity contribution in [1.82, 2.24) is 5.32 Å². The van der Waals surface area contributed by atoms with E-state index in [0.717, 1.165) is 29.0 Å². The number of thiophene rings is 1. The van der Waals surface area contributed by atoms with Crippen molar-refractivity contribution in [1.29, 1.82) is 0 Å². The topological polar surface area (TPSA) is 12.0 Å². The second-order valence-corrected chi connectivity index (χ2v) is 8.72. The summed E-state index contributed by atoms with van der Waals surface area (Å²) >= 11 is 15.2. The third kappa shape index (κ3) is 3.14. The van der Waals surface area contributed by atoms with Crippen LogP contribution in [0.4, 0.5) is 0 Å². The second kappa shape index (κ2) is 6.49. The zero-order chi connectivity index (χ0) is 14.1. The third-order valence-corrected chi connectivity index (χ3v) is 7.41. The molecule has 0 bridgehead atoms. The van der Waals surface area contributed by atoms with Gasteiger partial charge in [0.1, 0.15) is 0 Å². The van der Waals surface area contributed by atoms with Crippen molar-refractivity contribution in [3.63, 3.8) is 0 Å². The molecular formula is C15H14Br2ClNS. The molecule has 106 valence electrons. The number of rotatable bonds is 2. The Kier molecular flexibility index (Phi) is 4.88. The SMILES string of the molecule is Clc1cccc(C2CNCCC2c2cc(Br)c(Br)s2)c1. The minimum Gasteiger partial charge on any atom is -0.316 e. The lowest BCUT2D eigenvalue weighted by Gasteiger charge is -2.32. The van der Waals surface area contributed by atoms with E-state index in [0.29, 0.717) is 11.8 Å². The molecule has 0 spiro atoms. The summed E-state index contributed by atoms with van der Waals surface area (Å²) < 4.78 is 2.33. The van der Waals surface area contributed by atoms with Crippen molar-refractivity contribution in [2.75, 3.05) is 13.1 Å². The summed E-state index contributed by atoms with van der Waals surface area (Å²) in [5.41, 5.74) is 1.33. The fourth-order valence-corrected chi connectivity index (χ4v) is 5.32. The van der Waals surface area contributed by atoms with E-state index in [1.165, 1.54) is 14.2 Å². The number of halogens is 3. The molecule has 1 aliphatic rings. The summed E-state index contributed by atoms with van der Waals surface area (Å²) in [5.74, 6) is 1.04. The maximum absolute atomic E-state index is 6.15. The predicted octanol–water partition coefficient (Wildman–Crippen LogP) is 5.79. The number of hydrogen-bond donors (Lipinski definition) is 1. The highest BCUT2D eigenvalue weighted by Crippen LogP contribution is 2.44. The van der Waals surface area contributed by atoms with Crippen LogP contribution in [0.5, 0.6) is 0 Å². The Morgan fingerprint density at radius 2 is 2.05 bits per heavy atom. The Balaban J connectivity index is 1.95. The van der Waals surface area contributed by atoms with Crippen molar-refractivity contribution in [2.24, 2.45) is 0 Å². The van der Waals surface area contributed by atoms with Gasteiger partial charge in [0.15, 0.2) is 0 Å². The van der Waals surface area contributed by atoms with Crippen molar-refractivity contribution in [3.8, 4) is 0 Å². The van der Waals surface area contributed by atoms with Crippen LogP contribution in [0.1, 0.15) is 28.7 Å². The van der Waals surface area contributed by atoms with Crippen LogP contribution >= 0.6 is 54.8 Å². The standard InChI is InChI=1S/C15H14Br2ClNS/c16-13-7-14(20-15(13)17)11-4-5-19-8-12(11)9-2-1-3-10(18)6-9/h1-3,6-7,11-12,19H,4-5,8H2. The van der Waals surface area contributed by atoms with Gasteiger partial charge in [-0.3, -0.25) is 0 Å². The molecule has 3 rings (SSSR count). The molecule has 1 fully saturated rings. The largest absolute Gasteiger partial charge is 0.316 e. The molecule has 0 radical (unpaired) electrons. The molecule has 2 unspecified atom stereocenters. The summed E-state index contributed by atoms with van der Waals surface area (Å²) in [4.78, 5) is 1.44. The quantitative estimate of drug-likeness (QED) is 0.630. The van der Waals surface area contributed by atoms with E-state index in [4.69, 9.17) is 11.6 Å². The van der Waals surface area contributed by atoms with Gasteiger partial charge in [-0.15, -0.1) is 11.3 Å². The molecule has 1 aromatic carbocycles. The van der Waals surface area contributed by atoms with Gasteiger partial charge in [-0.05, 0) is 68.6 Å². The molecule has 1 aliphatic heterocycles. The highest BCUT2D eigenvalue weighted by Gasteiger charge is 2.29. The van der Waals surface area contributed by atoms with E-state index < -0.39 is 0 Å². The van der Waals surface area contributed by atoms with Crippen LogP contribution in [0.25, 0.3) is 0 Å². The van der Waals surface area contributed by atoms with E-state index in [1.54, 1.807) is 0 Å². The minimum atomic E-state index is 0.486. The normalized spacial score (nSPS) is 22.9. The summed E-state index contributed by atoms with van der Waals surface area (Å²) in [7, 11) is 0. The Bertz CT molecular complexity index is 594. The fourth-order valence-electron chi connectivity index (χ4n) is 2.83. The molecule has 5 heteroatoms. The predicted molar refractivity (Wildman–Crippen MR) is 94.1 cm³/mol. The molecule has 20 heavy (non-hydrogen) atoms. The fraction of sp³-hybridized carbons (Fsp3) is 0.333. The van der Waals surface area contributed by atoms with E-state index in [9.17, 15) is 0 Å². The van der Waals surface area contributed by atoms with Gasteiger partial charge in [0.25, 0.3) is 0 Å². The van der Waals surface area contributed by atoms with Gasteiger partial charge in [0, 0.05) is 32.8 Å². The van der Waals surface area contributed by atoms with E-state index in [-0.39, 0.29) is 0 Å². The molecule has 1 nitrogen and oxygen atoms in total. The average molecular weight is 436 g/mol. The van der Waals surface area contributed by atoms with Crippen LogP contribution in [0.2, 0.25) is 5.02 Å². The highest BCUT2D eigenvalue weighted by atomic mass is 79.9. The molecule has 1 saturated heterocycles. The Morgan fingerprint density at radius 3 is 2.75 bits per heavy atom. The lowest BCUT2D eigenvalue weighted by molar-refractivity contribution is 0.408. The van der Waals surface area contributed by atoms with Crippen molar-refractivity contribution >= 4 is 54.8 Å². The number of piperidine rings is 1. The van der Waals surface area contributed by atoms with Crippen molar-refractivity contribution in [3.05, 3.63) is 54.1 Å². The minimum absolute atomic E-state index is 0.486. The van der Waals surface area contributed by atoms with Crippen LogP contribution in [-0.4, -0.2) is 13.1 Å². The molecule has 1 aromatic heterocycles. The Hall–Kier alpha value is 0.130. The smallest absolute Gasteiger partial charge is 0.0843 e. The molecular weight excluding hydrogens is 422 g/mol.